The van der Waals surface area contributed by atoms with Gasteiger partial charge in [0.2, 0.25) is 0 Å². The zero-order valence-corrected chi connectivity index (χ0v) is 12.5. The molecule has 8 heteroatoms. The number of carbonyl (C=O) groups is 2. The molecule has 2 atom stereocenters. The molecule has 0 aliphatic carbocycles. The topological polar surface area (TPSA) is 55.8 Å². The Morgan fingerprint density at radius 1 is 1.19 bits per heavy atom. The molecule has 1 fully saturated rings. The van der Waals surface area contributed by atoms with E-state index < -0.39 is 35.7 Å². The second-order valence-corrected chi connectivity index (χ2v) is 5.99. The zero-order chi connectivity index (χ0) is 16.4. The number of methoxy groups -OCH3 is 1. The molecule has 1 saturated heterocycles. The standard InChI is InChI=1S/C13H20F3NO4/c1-12(2,3)21-11(19)17-6-5-9(13(14,15)16)8(7-17)10(18)20-4/h8-9H,5-7H2,1-4H3. The van der Waals surface area contributed by atoms with Crippen molar-refractivity contribution in [1.82, 2.24) is 4.90 Å². The van der Waals surface area contributed by atoms with Crippen LogP contribution in [0.25, 0.3) is 0 Å². The summed E-state index contributed by atoms with van der Waals surface area (Å²) in [6.07, 6.45) is -5.57. The molecule has 0 bridgehead atoms. The van der Waals surface area contributed by atoms with Gasteiger partial charge < -0.3 is 14.4 Å². The molecule has 1 aliphatic rings. The Balaban J connectivity index is 2.84. The van der Waals surface area contributed by atoms with Gasteiger partial charge in [-0.25, -0.2) is 4.79 Å². The van der Waals surface area contributed by atoms with Gasteiger partial charge in [-0.2, -0.15) is 13.2 Å². The number of likely N-dealkylation sites (tertiary alicyclic amines) is 1. The number of carbonyl (C=O) groups excluding carboxylic acids is 2. The van der Waals surface area contributed by atoms with E-state index in [1.54, 1.807) is 20.8 Å². The Morgan fingerprint density at radius 2 is 1.76 bits per heavy atom. The summed E-state index contributed by atoms with van der Waals surface area (Å²) < 4.78 is 48.4. The molecule has 2 unspecified atom stereocenters. The maximum Gasteiger partial charge on any atom is 0.410 e. The first-order valence-corrected chi connectivity index (χ1v) is 6.58. The van der Waals surface area contributed by atoms with Gasteiger partial charge in [-0.05, 0) is 27.2 Å². The van der Waals surface area contributed by atoms with Crippen molar-refractivity contribution >= 4 is 12.1 Å². The number of halogens is 3. The molecule has 0 aromatic carbocycles. The van der Waals surface area contributed by atoms with Crippen LogP contribution in [-0.2, 0) is 14.3 Å². The van der Waals surface area contributed by atoms with Crippen LogP contribution >= 0.6 is 0 Å². The molecule has 1 heterocycles. The predicted molar refractivity (Wildman–Crippen MR) is 67.5 cm³/mol. The number of esters is 1. The molecule has 1 amide bonds. The Kier molecular flexibility index (Phi) is 5.11. The van der Waals surface area contributed by atoms with Crippen LogP contribution < -0.4 is 0 Å². The maximum atomic E-state index is 12.9. The minimum absolute atomic E-state index is 0.105. The number of piperidine rings is 1. The lowest BCUT2D eigenvalue weighted by Crippen LogP contribution is -2.51. The first kappa shape index (κ1) is 17.6. The van der Waals surface area contributed by atoms with Gasteiger partial charge in [0, 0.05) is 13.1 Å². The summed E-state index contributed by atoms with van der Waals surface area (Å²) in [5.41, 5.74) is -0.751. The summed E-state index contributed by atoms with van der Waals surface area (Å²) in [5, 5.41) is 0. The van der Waals surface area contributed by atoms with Crippen molar-refractivity contribution in [3.63, 3.8) is 0 Å². The third kappa shape index (κ3) is 4.78. The minimum atomic E-state index is -4.50. The van der Waals surface area contributed by atoms with Gasteiger partial charge in [-0.15, -0.1) is 0 Å². The SMILES string of the molecule is COC(=O)C1CN(C(=O)OC(C)(C)C)CCC1C(F)(F)F. The van der Waals surface area contributed by atoms with Crippen LogP contribution in [0.5, 0.6) is 0 Å². The van der Waals surface area contributed by atoms with Crippen molar-refractivity contribution in [3.05, 3.63) is 0 Å². The van der Waals surface area contributed by atoms with Crippen molar-refractivity contribution in [3.8, 4) is 0 Å². The molecule has 1 rings (SSSR count). The van der Waals surface area contributed by atoms with Crippen LogP contribution in [-0.4, -0.2) is 48.9 Å². The predicted octanol–water partition coefficient (Wildman–Crippen LogP) is 2.59. The molecule has 21 heavy (non-hydrogen) atoms. The van der Waals surface area contributed by atoms with Crippen LogP contribution in [0.15, 0.2) is 0 Å². The van der Waals surface area contributed by atoms with Gasteiger partial charge >= 0.3 is 18.2 Å². The van der Waals surface area contributed by atoms with Crippen LogP contribution in [0.4, 0.5) is 18.0 Å². The summed E-state index contributed by atoms with van der Waals surface area (Å²) in [6, 6.07) is 0. The molecule has 0 N–H and O–H groups in total. The van der Waals surface area contributed by atoms with Crippen LogP contribution in [0.3, 0.4) is 0 Å². The molecule has 0 radical (unpaired) electrons. The Labute approximate surface area is 121 Å². The maximum absolute atomic E-state index is 12.9. The average Bonchev–Trinajstić information content (AvgIpc) is 2.34. The number of alkyl halides is 3. The molecule has 0 spiro atoms. The first-order valence-electron chi connectivity index (χ1n) is 6.58. The highest BCUT2D eigenvalue weighted by atomic mass is 19.4. The van der Waals surface area contributed by atoms with E-state index in [9.17, 15) is 22.8 Å². The number of hydrogen-bond donors (Lipinski definition) is 0. The quantitative estimate of drug-likeness (QED) is 0.699. The van der Waals surface area contributed by atoms with E-state index in [1.165, 1.54) is 0 Å². The lowest BCUT2D eigenvalue weighted by atomic mass is 9.85. The Bertz CT molecular complexity index is 403. The summed E-state index contributed by atoms with van der Waals surface area (Å²) in [7, 11) is 1.03. The van der Waals surface area contributed by atoms with E-state index >= 15 is 0 Å². The number of hydrogen-bond acceptors (Lipinski definition) is 4. The highest BCUT2D eigenvalue weighted by molar-refractivity contribution is 5.75. The smallest absolute Gasteiger partial charge is 0.410 e. The second kappa shape index (κ2) is 6.11. The minimum Gasteiger partial charge on any atom is -0.469 e. The monoisotopic (exact) mass is 311 g/mol. The summed E-state index contributed by atoms with van der Waals surface area (Å²) >= 11 is 0. The van der Waals surface area contributed by atoms with Gasteiger partial charge in [-0.1, -0.05) is 0 Å². The van der Waals surface area contributed by atoms with Crippen LogP contribution in [0, 0.1) is 11.8 Å². The fourth-order valence-corrected chi connectivity index (χ4v) is 2.23. The molecule has 0 saturated carbocycles. The van der Waals surface area contributed by atoms with Crippen molar-refractivity contribution in [2.24, 2.45) is 11.8 Å². The van der Waals surface area contributed by atoms with Gasteiger partial charge in [0.05, 0.1) is 18.9 Å². The van der Waals surface area contributed by atoms with Gasteiger partial charge in [0.1, 0.15) is 5.60 Å². The highest BCUT2D eigenvalue weighted by Crippen LogP contribution is 2.38. The van der Waals surface area contributed by atoms with Gasteiger partial charge in [0.25, 0.3) is 0 Å². The molecular weight excluding hydrogens is 291 g/mol. The van der Waals surface area contributed by atoms with Crippen molar-refractivity contribution in [2.45, 2.75) is 39.0 Å². The second-order valence-electron chi connectivity index (χ2n) is 5.99. The number of rotatable bonds is 1. The summed E-state index contributed by atoms with van der Waals surface area (Å²) in [5.74, 6) is -4.19. The van der Waals surface area contributed by atoms with Crippen LogP contribution in [0.1, 0.15) is 27.2 Å². The first-order chi connectivity index (χ1) is 9.45. The fourth-order valence-electron chi connectivity index (χ4n) is 2.23. The number of nitrogens with zero attached hydrogens (tertiary/aromatic N) is 1. The van der Waals surface area contributed by atoms with Crippen molar-refractivity contribution in [1.29, 1.82) is 0 Å². The van der Waals surface area contributed by atoms with E-state index in [0.29, 0.717) is 0 Å². The van der Waals surface area contributed by atoms with E-state index in [0.717, 1.165) is 12.0 Å². The largest absolute Gasteiger partial charge is 0.469 e. The third-order valence-electron chi connectivity index (χ3n) is 3.19. The molecule has 5 nitrogen and oxygen atoms in total. The lowest BCUT2D eigenvalue weighted by molar-refractivity contribution is -0.207. The van der Waals surface area contributed by atoms with Gasteiger partial charge in [0.15, 0.2) is 0 Å². The Morgan fingerprint density at radius 3 is 2.19 bits per heavy atom. The van der Waals surface area contributed by atoms with E-state index in [1.807, 2.05) is 0 Å². The summed E-state index contributed by atoms with van der Waals surface area (Å²) in [6.45, 7) is 4.51. The van der Waals surface area contributed by atoms with Gasteiger partial charge in [-0.3, -0.25) is 4.79 Å². The van der Waals surface area contributed by atoms with E-state index in [-0.39, 0.29) is 19.5 Å². The average molecular weight is 311 g/mol. The number of amides is 1. The van der Waals surface area contributed by atoms with E-state index in [2.05, 4.69) is 4.74 Å². The van der Waals surface area contributed by atoms with Crippen molar-refractivity contribution < 1.29 is 32.2 Å². The Hall–Kier alpha value is -1.47. The molecule has 0 aromatic heterocycles. The van der Waals surface area contributed by atoms with E-state index in [4.69, 9.17) is 4.74 Å². The lowest BCUT2D eigenvalue weighted by Gasteiger charge is -2.38. The fraction of sp³-hybridized carbons (Fsp3) is 0.846. The van der Waals surface area contributed by atoms with Crippen LogP contribution in [0.2, 0.25) is 0 Å². The number of ether oxygens (including phenoxy) is 2. The molecular formula is C13H20F3NO4. The molecule has 122 valence electrons. The van der Waals surface area contributed by atoms with Crippen molar-refractivity contribution in [2.75, 3.05) is 20.2 Å². The molecule has 1 aliphatic heterocycles. The highest BCUT2D eigenvalue weighted by Gasteiger charge is 2.51. The third-order valence-corrected chi connectivity index (χ3v) is 3.19. The zero-order valence-electron chi connectivity index (χ0n) is 12.5. The molecule has 0 aromatic rings. The summed E-state index contributed by atoms with van der Waals surface area (Å²) in [4.78, 5) is 24.6. The normalized spacial score (nSPS) is 23.7.